The highest BCUT2D eigenvalue weighted by Gasteiger charge is 2.53. The van der Waals surface area contributed by atoms with Gasteiger partial charge in [0.25, 0.3) is 5.91 Å². The third kappa shape index (κ3) is 3.30. The summed E-state index contributed by atoms with van der Waals surface area (Å²) >= 11 is 0. The topological polar surface area (TPSA) is 95.7 Å². The van der Waals surface area contributed by atoms with Crippen molar-refractivity contribution in [3.05, 3.63) is 29.8 Å². The molecule has 3 aliphatic rings. The summed E-state index contributed by atoms with van der Waals surface area (Å²) < 4.78 is 0. The molecule has 1 aliphatic carbocycles. The van der Waals surface area contributed by atoms with Crippen molar-refractivity contribution >= 4 is 35.8 Å². The van der Waals surface area contributed by atoms with Crippen molar-refractivity contribution in [2.75, 3.05) is 18.0 Å². The number of fused-ring (bicyclic) bond motifs is 3. The molecule has 0 radical (unpaired) electrons. The Morgan fingerprint density at radius 1 is 1.33 bits per heavy atom. The van der Waals surface area contributed by atoms with E-state index in [0.717, 1.165) is 12.8 Å². The molecule has 2 unspecified atom stereocenters. The molecule has 1 saturated carbocycles. The lowest BCUT2D eigenvalue weighted by molar-refractivity contribution is -0.124. The Morgan fingerprint density at radius 3 is 2.74 bits per heavy atom. The zero-order chi connectivity index (χ0) is 18.5. The van der Waals surface area contributed by atoms with Gasteiger partial charge in [0.2, 0.25) is 11.8 Å². The smallest absolute Gasteiger partial charge is 0.258 e. The summed E-state index contributed by atoms with van der Waals surface area (Å²) in [5.74, 6) is 0.0259. The minimum Gasteiger partial charge on any atom is -0.353 e. The maximum atomic E-state index is 13.0. The van der Waals surface area contributed by atoms with E-state index < -0.39 is 5.66 Å². The van der Waals surface area contributed by atoms with Gasteiger partial charge in [-0.25, -0.2) is 0 Å². The highest BCUT2D eigenvalue weighted by Crippen LogP contribution is 2.43. The molecule has 0 bridgehead atoms. The lowest BCUT2D eigenvalue weighted by Crippen LogP contribution is -2.64. The summed E-state index contributed by atoms with van der Waals surface area (Å²) in [6.45, 7) is 2.20. The summed E-state index contributed by atoms with van der Waals surface area (Å²) in [5.41, 5.74) is 6.32. The molecule has 0 aromatic heterocycles. The number of halogens is 1. The standard InChI is InChI=1S/C19H24N4O3.ClH/c1-19-9-8-17(25)23(19)15-5-3-2-4-13(15)18(26)22(19)11-16(24)21-10-14(20)12-6-7-12;/h2-5,12,14H,6-11,20H2,1H3,(H,21,24);1H. The molecule has 4 rings (SSSR count). The predicted octanol–water partition coefficient (Wildman–Crippen LogP) is 1.26. The lowest BCUT2D eigenvalue weighted by Gasteiger charge is -2.48. The minimum absolute atomic E-state index is 0. The summed E-state index contributed by atoms with van der Waals surface area (Å²) in [4.78, 5) is 41.2. The van der Waals surface area contributed by atoms with Crippen molar-refractivity contribution in [2.45, 2.75) is 44.3 Å². The number of rotatable bonds is 5. The molecule has 2 heterocycles. The van der Waals surface area contributed by atoms with Gasteiger partial charge in [-0.2, -0.15) is 0 Å². The second-order valence-corrected chi connectivity index (χ2v) is 7.66. The van der Waals surface area contributed by atoms with Gasteiger partial charge in [-0.05, 0) is 44.2 Å². The van der Waals surface area contributed by atoms with Crippen molar-refractivity contribution in [1.82, 2.24) is 10.2 Å². The molecule has 27 heavy (non-hydrogen) atoms. The normalized spacial score (nSPS) is 24.8. The van der Waals surface area contributed by atoms with Gasteiger partial charge in [-0.15, -0.1) is 12.4 Å². The van der Waals surface area contributed by atoms with Gasteiger partial charge in [-0.1, -0.05) is 12.1 Å². The van der Waals surface area contributed by atoms with Crippen molar-refractivity contribution < 1.29 is 14.4 Å². The van der Waals surface area contributed by atoms with Crippen LogP contribution in [0.15, 0.2) is 24.3 Å². The summed E-state index contributed by atoms with van der Waals surface area (Å²) in [6.07, 6.45) is 3.12. The van der Waals surface area contributed by atoms with Crippen LogP contribution in [0.25, 0.3) is 0 Å². The number of anilines is 1. The molecular weight excluding hydrogens is 368 g/mol. The minimum atomic E-state index is -0.807. The predicted molar refractivity (Wildman–Crippen MR) is 104 cm³/mol. The lowest BCUT2D eigenvalue weighted by atomic mass is 9.98. The van der Waals surface area contributed by atoms with E-state index in [1.807, 2.05) is 13.0 Å². The van der Waals surface area contributed by atoms with Crippen LogP contribution in [0.5, 0.6) is 0 Å². The van der Waals surface area contributed by atoms with Crippen LogP contribution >= 0.6 is 12.4 Å². The molecule has 146 valence electrons. The van der Waals surface area contributed by atoms with Gasteiger partial charge in [0.05, 0.1) is 11.3 Å². The van der Waals surface area contributed by atoms with Crippen LogP contribution in [-0.2, 0) is 9.59 Å². The van der Waals surface area contributed by atoms with Gasteiger partial charge in [0.15, 0.2) is 0 Å². The summed E-state index contributed by atoms with van der Waals surface area (Å²) in [6, 6.07) is 7.06. The molecular formula is C19H25ClN4O3. The molecule has 0 spiro atoms. The van der Waals surface area contributed by atoms with Crippen LogP contribution in [-0.4, -0.2) is 47.4 Å². The van der Waals surface area contributed by atoms with Gasteiger partial charge < -0.3 is 16.0 Å². The molecule has 3 amide bonds. The highest BCUT2D eigenvalue weighted by molar-refractivity contribution is 6.11. The van der Waals surface area contributed by atoms with Crippen molar-refractivity contribution in [1.29, 1.82) is 0 Å². The molecule has 1 saturated heterocycles. The fraction of sp³-hybridized carbons (Fsp3) is 0.526. The van der Waals surface area contributed by atoms with E-state index in [1.54, 1.807) is 23.1 Å². The van der Waals surface area contributed by atoms with Gasteiger partial charge in [-0.3, -0.25) is 19.3 Å². The number of para-hydroxylation sites is 1. The number of amides is 3. The number of benzene rings is 1. The largest absolute Gasteiger partial charge is 0.353 e. The zero-order valence-electron chi connectivity index (χ0n) is 15.3. The number of nitrogens with zero attached hydrogens (tertiary/aromatic N) is 2. The van der Waals surface area contributed by atoms with E-state index in [-0.39, 0.29) is 42.7 Å². The van der Waals surface area contributed by atoms with Crippen molar-refractivity contribution in [3.63, 3.8) is 0 Å². The van der Waals surface area contributed by atoms with E-state index in [9.17, 15) is 14.4 Å². The number of hydrogen-bond acceptors (Lipinski definition) is 4. The van der Waals surface area contributed by atoms with Crippen LogP contribution in [0.2, 0.25) is 0 Å². The first-order valence-corrected chi connectivity index (χ1v) is 9.18. The van der Waals surface area contributed by atoms with E-state index in [0.29, 0.717) is 36.6 Å². The third-order valence-corrected chi connectivity index (χ3v) is 5.81. The van der Waals surface area contributed by atoms with Crippen molar-refractivity contribution in [2.24, 2.45) is 11.7 Å². The number of hydrogen-bond donors (Lipinski definition) is 2. The number of carbonyl (C=O) groups excluding carboxylic acids is 3. The maximum absolute atomic E-state index is 13.0. The molecule has 2 aliphatic heterocycles. The fourth-order valence-corrected chi connectivity index (χ4v) is 4.06. The molecule has 1 aromatic rings. The van der Waals surface area contributed by atoms with Gasteiger partial charge in [0, 0.05) is 19.0 Å². The first-order valence-electron chi connectivity index (χ1n) is 9.18. The van der Waals surface area contributed by atoms with E-state index in [2.05, 4.69) is 5.32 Å². The average Bonchev–Trinajstić information content (AvgIpc) is 3.42. The maximum Gasteiger partial charge on any atom is 0.258 e. The second kappa shape index (κ2) is 7.13. The van der Waals surface area contributed by atoms with E-state index >= 15 is 0 Å². The van der Waals surface area contributed by atoms with Gasteiger partial charge >= 0.3 is 0 Å². The number of carbonyl (C=O) groups is 3. The Labute approximate surface area is 164 Å². The Hall–Kier alpha value is -2.12. The SMILES string of the molecule is CC12CCC(=O)N1c1ccccc1C(=O)N2CC(=O)NCC(N)C1CC1.Cl. The Balaban J connectivity index is 0.00000210. The third-order valence-electron chi connectivity index (χ3n) is 5.81. The fourth-order valence-electron chi connectivity index (χ4n) is 4.06. The van der Waals surface area contributed by atoms with E-state index in [1.165, 1.54) is 4.90 Å². The van der Waals surface area contributed by atoms with Crippen LogP contribution in [0.1, 0.15) is 43.0 Å². The first kappa shape index (κ1) is 19.6. The highest BCUT2D eigenvalue weighted by atomic mass is 35.5. The molecule has 1 aromatic carbocycles. The second-order valence-electron chi connectivity index (χ2n) is 7.66. The Kier molecular flexibility index (Phi) is 5.18. The van der Waals surface area contributed by atoms with E-state index in [4.69, 9.17) is 5.73 Å². The van der Waals surface area contributed by atoms with Crippen LogP contribution in [0, 0.1) is 5.92 Å². The average molecular weight is 393 g/mol. The Bertz CT molecular complexity index is 782. The van der Waals surface area contributed by atoms with Crippen LogP contribution < -0.4 is 16.0 Å². The first-order chi connectivity index (χ1) is 12.4. The molecule has 8 heteroatoms. The molecule has 3 N–H and O–H groups in total. The Morgan fingerprint density at radius 2 is 2.04 bits per heavy atom. The zero-order valence-corrected chi connectivity index (χ0v) is 16.1. The number of nitrogens with two attached hydrogens (primary N) is 1. The van der Waals surface area contributed by atoms with Gasteiger partial charge in [0.1, 0.15) is 12.2 Å². The van der Waals surface area contributed by atoms with Crippen LogP contribution in [0.4, 0.5) is 5.69 Å². The molecule has 2 atom stereocenters. The molecule has 7 nitrogen and oxygen atoms in total. The number of nitrogens with one attached hydrogen (secondary N) is 1. The summed E-state index contributed by atoms with van der Waals surface area (Å²) in [7, 11) is 0. The summed E-state index contributed by atoms with van der Waals surface area (Å²) in [5, 5.41) is 2.84. The quantitative estimate of drug-likeness (QED) is 0.788. The van der Waals surface area contributed by atoms with Crippen molar-refractivity contribution in [3.8, 4) is 0 Å². The van der Waals surface area contributed by atoms with Crippen LogP contribution in [0.3, 0.4) is 0 Å². The molecule has 2 fully saturated rings. The monoisotopic (exact) mass is 392 g/mol.